The summed E-state index contributed by atoms with van der Waals surface area (Å²) < 4.78 is 45.7. The number of likely N-dealkylation sites (N-methyl/N-ethyl adjacent to an activating group) is 1. The molecule has 3 nitrogen and oxygen atoms in total. The number of hydrogen-bond donors (Lipinski definition) is 0. The van der Waals surface area contributed by atoms with Crippen LogP contribution in [0.15, 0.2) is 30.4 Å². The van der Waals surface area contributed by atoms with Crippen molar-refractivity contribution >= 4 is 23.2 Å². The van der Waals surface area contributed by atoms with E-state index < -0.39 is 23.6 Å². The second-order valence-electron chi connectivity index (χ2n) is 5.18. The molecule has 0 bridgehead atoms. The number of carbonyl (C=O) groups excluding carboxylic acids is 1. The molecule has 1 fully saturated rings. The van der Waals surface area contributed by atoms with E-state index in [2.05, 4.69) is 6.58 Å². The lowest BCUT2D eigenvalue weighted by molar-refractivity contribution is -0.205. The van der Waals surface area contributed by atoms with E-state index in [0.717, 1.165) is 0 Å². The Morgan fingerprint density at radius 2 is 2.14 bits per heavy atom. The van der Waals surface area contributed by atoms with Gasteiger partial charge in [-0.15, -0.1) is 0 Å². The maximum atomic E-state index is 13.5. The fraction of sp³-hybridized carbons (Fsp3) is 0.357. The third-order valence-corrected chi connectivity index (χ3v) is 4.20. The standard InChI is InChI=1S/C14H11ClF3NO2/c1-7-6-21-13(11(7)14(16,17)18)9-5-8(15)3-4-10(9)19(2)12(13)20/h3-5,11H,1,6H2,2H3/t11-,13-/m0/s1. The van der Waals surface area contributed by atoms with Crippen LogP contribution in [-0.4, -0.2) is 25.7 Å². The lowest BCUT2D eigenvalue weighted by Crippen LogP contribution is -2.48. The number of fused-ring (bicyclic) bond motifs is 2. The van der Waals surface area contributed by atoms with Gasteiger partial charge < -0.3 is 9.64 Å². The van der Waals surface area contributed by atoms with Gasteiger partial charge in [0.25, 0.3) is 5.91 Å². The predicted molar refractivity (Wildman–Crippen MR) is 71.2 cm³/mol. The van der Waals surface area contributed by atoms with Gasteiger partial charge >= 0.3 is 6.18 Å². The highest BCUT2D eigenvalue weighted by atomic mass is 35.5. The molecule has 21 heavy (non-hydrogen) atoms. The van der Waals surface area contributed by atoms with Gasteiger partial charge in [-0.25, -0.2) is 0 Å². The van der Waals surface area contributed by atoms with Crippen LogP contribution in [-0.2, 0) is 15.1 Å². The monoisotopic (exact) mass is 317 g/mol. The van der Waals surface area contributed by atoms with Gasteiger partial charge in [0.1, 0.15) is 5.92 Å². The van der Waals surface area contributed by atoms with Crippen LogP contribution in [0.4, 0.5) is 18.9 Å². The smallest absolute Gasteiger partial charge is 0.355 e. The summed E-state index contributed by atoms with van der Waals surface area (Å²) in [4.78, 5) is 13.7. The van der Waals surface area contributed by atoms with Crippen LogP contribution in [0.2, 0.25) is 5.02 Å². The van der Waals surface area contributed by atoms with Crippen LogP contribution < -0.4 is 4.90 Å². The number of ether oxygens (including phenoxy) is 1. The highest BCUT2D eigenvalue weighted by Crippen LogP contribution is 2.57. The van der Waals surface area contributed by atoms with Crippen LogP contribution in [0.1, 0.15) is 5.56 Å². The number of benzene rings is 1. The van der Waals surface area contributed by atoms with E-state index in [1.807, 2.05) is 0 Å². The maximum Gasteiger partial charge on any atom is 0.399 e. The number of hydrogen-bond acceptors (Lipinski definition) is 2. The molecule has 1 amide bonds. The summed E-state index contributed by atoms with van der Waals surface area (Å²) in [6.07, 6.45) is -4.63. The normalized spacial score (nSPS) is 28.6. The topological polar surface area (TPSA) is 29.5 Å². The third-order valence-electron chi connectivity index (χ3n) is 3.97. The molecule has 0 unspecified atom stereocenters. The van der Waals surface area contributed by atoms with Gasteiger partial charge in [0, 0.05) is 17.6 Å². The lowest BCUT2D eigenvalue weighted by atomic mass is 9.80. The molecular weight excluding hydrogens is 307 g/mol. The van der Waals surface area contributed by atoms with Gasteiger partial charge in [0.15, 0.2) is 5.60 Å². The number of carbonyl (C=O) groups is 1. The fourth-order valence-electron chi connectivity index (χ4n) is 3.11. The Bertz CT molecular complexity index is 658. The molecule has 3 rings (SSSR count). The molecule has 7 heteroatoms. The SMILES string of the molecule is C=C1CO[C@]2(C(=O)N(C)c3ccc(Cl)cc32)[C@H]1C(F)(F)F. The minimum atomic E-state index is -4.63. The van der Waals surface area contributed by atoms with Crippen LogP contribution >= 0.6 is 11.6 Å². The number of rotatable bonds is 0. The zero-order valence-corrected chi connectivity index (χ0v) is 11.8. The summed E-state index contributed by atoms with van der Waals surface area (Å²) >= 11 is 5.89. The molecule has 1 spiro atoms. The second-order valence-corrected chi connectivity index (χ2v) is 5.62. The average molecular weight is 318 g/mol. The molecule has 0 saturated carbocycles. The van der Waals surface area contributed by atoms with Crippen molar-refractivity contribution in [3.8, 4) is 0 Å². The molecule has 1 aromatic rings. The summed E-state index contributed by atoms with van der Waals surface area (Å²) in [5, 5.41) is 0.248. The molecule has 1 saturated heterocycles. The minimum Gasteiger partial charge on any atom is -0.355 e. The Kier molecular flexibility index (Phi) is 2.91. The zero-order valence-electron chi connectivity index (χ0n) is 11.0. The van der Waals surface area contributed by atoms with E-state index in [4.69, 9.17) is 16.3 Å². The molecule has 0 radical (unpaired) electrons. The van der Waals surface area contributed by atoms with Gasteiger partial charge in [-0.05, 0) is 23.8 Å². The summed E-state index contributed by atoms with van der Waals surface area (Å²) in [7, 11) is 1.42. The van der Waals surface area contributed by atoms with Crippen molar-refractivity contribution in [1.29, 1.82) is 0 Å². The number of alkyl halides is 3. The molecule has 0 aromatic heterocycles. The Labute approximate surface area is 123 Å². The summed E-state index contributed by atoms with van der Waals surface area (Å²) in [5.74, 6) is -2.82. The molecule has 0 N–H and O–H groups in total. The molecule has 1 aromatic carbocycles. The number of anilines is 1. The molecule has 2 heterocycles. The predicted octanol–water partition coefficient (Wildman–Crippen LogP) is 3.28. The van der Waals surface area contributed by atoms with Crippen LogP contribution in [0.5, 0.6) is 0 Å². The van der Waals surface area contributed by atoms with E-state index in [-0.39, 0.29) is 22.8 Å². The molecule has 0 aliphatic carbocycles. The Morgan fingerprint density at radius 3 is 2.76 bits per heavy atom. The first kappa shape index (κ1) is 14.4. The van der Waals surface area contributed by atoms with E-state index in [1.165, 1.54) is 30.1 Å². The van der Waals surface area contributed by atoms with Gasteiger partial charge in [0.05, 0.1) is 12.3 Å². The van der Waals surface area contributed by atoms with Crippen molar-refractivity contribution in [2.45, 2.75) is 11.8 Å². The summed E-state index contributed by atoms with van der Waals surface area (Å²) in [5.41, 5.74) is -1.75. The van der Waals surface area contributed by atoms with Crippen molar-refractivity contribution in [1.82, 2.24) is 0 Å². The van der Waals surface area contributed by atoms with Gasteiger partial charge in [-0.1, -0.05) is 18.2 Å². The maximum absolute atomic E-state index is 13.5. The van der Waals surface area contributed by atoms with E-state index in [1.54, 1.807) is 0 Å². The zero-order chi connectivity index (χ0) is 15.6. The lowest BCUT2D eigenvalue weighted by Gasteiger charge is -2.30. The van der Waals surface area contributed by atoms with E-state index in [9.17, 15) is 18.0 Å². The highest BCUT2D eigenvalue weighted by Gasteiger charge is 2.68. The Morgan fingerprint density at radius 1 is 1.48 bits per heavy atom. The van der Waals surface area contributed by atoms with Crippen molar-refractivity contribution < 1.29 is 22.7 Å². The quantitative estimate of drug-likeness (QED) is 0.687. The molecule has 2 atom stereocenters. The second kappa shape index (κ2) is 4.24. The Balaban J connectivity index is 2.29. The largest absolute Gasteiger partial charge is 0.399 e. The first-order chi connectivity index (χ1) is 9.69. The van der Waals surface area contributed by atoms with Crippen molar-refractivity contribution in [2.75, 3.05) is 18.6 Å². The summed E-state index contributed by atoms with van der Waals surface area (Å²) in [6.45, 7) is 3.12. The molecular formula is C14H11ClF3NO2. The van der Waals surface area contributed by atoms with Crippen LogP contribution in [0.25, 0.3) is 0 Å². The highest BCUT2D eigenvalue weighted by molar-refractivity contribution is 6.31. The first-order valence-corrected chi connectivity index (χ1v) is 6.54. The van der Waals surface area contributed by atoms with Crippen molar-refractivity contribution in [3.63, 3.8) is 0 Å². The molecule has 2 aliphatic heterocycles. The van der Waals surface area contributed by atoms with Gasteiger partial charge in [0.2, 0.25) is 0 Å². The number of amides is 1. The fourth-order valence-corrected chi connectivity index (χ4v) is 3.29. The first-order valence-electron chi connectivity index (χ1n) is 6.16. The minimum absolute atomic E-state index is 0.142. The Hall–Kier alpha value is -1.53. The molecule has 112 valence electrons. The van der Waals surface area contributed by atoms with Gasteiger partial charge in [-0.3, -0.25) is 4.79 Å². The third kappa shape index (κ3) is 1.75. The van der Waals surface area contributed by atoms with Crippen molar-refractivity contribution in [3.05, 3.63) is 40.9 Å². The van der Waals surface area contributed by atoms with Crippen molar-refractivity contribution in [2.24, 2.45) is 5.92 Å². The van der Waals surface area contributed by atoms with Crippen LogP contribution in [0.3, 0.4) is 0 Å². The summed E-state index contributed by atoms with van der Waals surface area (Å²) in [6, 6.07) is 4.40. The van der Waals surface area contributed by atoms with E-state index in [0.29, 0.717) is 5.69 Å². The number of nitrogens with zero attached hydrogens (tertiary/aromatic N) is 1. The average Bonchev–Trinajstić information content (AvgIpc) is 2.83. The number of halogens is 4. The van der Waals surface area contributed by atoms with E-state index >= 15 is 0 Å². The van der Waals surface area contributed by atoms with Crippen LogP contribution in [0, 0.1) is 5.92 Å². The molecule has 2 aliphatic rings. The van der Waals surface area contributed by atoms with Gasteiger partial charge in [-0.2, -0.15) is 13.2 Å².